The van der Waals surface area contributed by atoms with E-state index >= 15 is 0 Å². The van der Waals surface area contributed by atoms with Crippen molar-refractivity contribution in [1.82, 2.24) is 4.73 Å². The van der Waals surface area contributed by atoms with Gasteiger partial charge in [0.15, 0.2) is 0 Å². The molecule has 112 valence electrons. The summed E-state index contributed by atoms with van der Waals surface area (Å²) < 4.78 is 6.55. The molecule has 3 rings (SSSR count). The topological polar surface area (TPSA) is 57.5 Å². The molecule has 0 atom stereocenters. The van der Waals surface area contributed by atoms with E-state index in [1.807, 2.05) is 12.1 Å². The van der Waals surface area contributed by atoms with Crippen LogP contribution in [-0.2, 0) is 6.61 Å². The van der Waals surface area contributed by atoms with E-state index in [2.05, 4.69) is 0 Å². The highest BCUT2D eigenvalue weighted by Crippen LogP contribution is 2.12. The second-order valence-corrected chi connectivity index (χ2v) is 5.58. The zero-order chi connectivity index (χ0) is 15.5. The van der Waals surface area contributed by atoms with Gasteiger partial charge in [0.25, 0.3) is 5.56 Å². The Bertz CT molecular complexity index is 912. The van der Waals surface area contributed by atoms with Crippen LogP contribution in [0, 0.1) is 0 Å². The lowest BCUT2D eigenvalue weighted by Crippen LogP contribution is -2.36. The first-order valence-corrected chi connectivity index (χ1v) is 7.42. The van der Waals surface area contributed by atoms with Gasteiger partial charge in [-0.05, 0) is 29.8 Å². The lowest BCUT2D eigenvalue weighted by atomic mass is 10.2. The summed E-state index contributed by atoms with van der Waals surface area (Å²) in [6, 6.07) is 14.2. The second-order valence-electron chi connectivity index (χ2n) is 4.59. The zero-order valence-electron chi connectivity index (χ0n) is 11.8. The number of hydrogen-bond donors (Lipinski definition) is 0. The average Bonchev–Trinajstić information content (AvgIpc) is 2.55. The Balaban J connectivity index is 1.90. The fourth-order valence-electron chi connectivity index (χ4n) is 2.03. The Hall–Kier alpha value is -2.60. The number of benzene rings is 2. The molecular formula is C16H13NO4S. The molecule has 0 saturated carbocycles. The van der Waals surface area contributed by atoms with Crippen molar-refractivity contribution >= 4 is 21.4 Å². The van der Waals surface area contributed by atoms with E-state index in [-0.39, 0.29) is 6.61 Å². The number of methoxy groups -OCH3 is 1. The molecule has 0 aliphatic rings. The number of aromatic nitrogens is 1. The maximum Gasteiger partial charge on any atom is 0.343 e. The molecule has 0 N–H and O–H groups in total. The summed E-state index contributed by atoms with van der Waals surface area (Å²) in [7, 11) is 1.59. The molecule has 0 aliphatic carbocycles. The van der Waals surface area contributed by atoms with Gasteiger partial charge < -0.3 is 9.57 Å². The quantitative estimate of drug-likeness (QED) is 0.739. The number of ether oxygens (including phenoxy) is 1. The third kappa shape index (κ3) is 2.73. The number of fused-ring (bicyclic) bond motifs is 1. The predicted molar refractivity (Wildman–Crippen MR) is 85.6 cm³/mol. The van der Waals surface area contributed by atoms with Crippen molar-refractivity contribution in [2.75, 3.05) is 7.11 Å². The highest BCUT2D eigenvalue weighted by molar-refractivity contribution is 7.16. The Morgan fingerprint density at radius 2 is 1.77 bits per heavy atom. The van der Waals surface area contributed by atoms with Crippen LogP contribution in [0.2, 0.25) is 0 Å². The van der Waals surface area contributed by atoms with E-state index in [0.29, 0.717) is 10.1 Å². The molecule has 0 aliphatic heterocycles. The van der Waals surface area contributed by atoms with Gasteiger partial charge in [-0.25, -0.2) is 0 Å². The summed E-state index contributed by atoms with van der Waals surface area (Å²) in [6.07, 6.45) is 0. The van der Waals surface area contributed by atoms with Gasteiger partial charge in [0.2, 0.25) is 0 Å². The summed E-state index contributed by atoms with van der Waals surface area (Å²) in [5.74, 6) is 0.735. The molecule has 0 unspecified atom stereocenters. The minimum atomic E-state index is -0.437. The number of nitrogens with zero attached hydrogens (tertiary/aromatic N) is 1. The van der Waals surface area contributed by atoms with E-state index < -0.39 is 10.4 Å². The first-order chi connectivity index (χ1) is 10.7. The summed E-state index contributed by atoms with van der Waals surface area (Å²) >= 11 is 0.986. The second kappa shape index (κ2) is 6.03. The Morgan fingerprint density at radius 3 is 2.50 bits per heavy atom. The molecule has 2 aromatic carbocycles. The van der Waals surface area contributed by atoms with Gasteiger partial charge >= 0.3 is 4.87 Å². The lowest BCUT2D eigenvalue weighted by molar-refractivity contribution is 0.0859. The van der Waals surface area contributed by atoms with Crippen LogP contribution in [0.15, 0.2) is 58.1 Å². The largest absolute Gasteiger partial charge is 0.497 e. The van der Waals surface area contributed by atoms with Gasteiger partial charge in [-0.1, -0.05) is 40.3 Å². The molecule has 0 saturated heterocycles. The highest BCUT2D eigenvalue weighted by atomic mass is 32.1. The normalized spacial score (nSPS) is 10.6. The molecular weight excluding hydrogens is 302 g/mol. The molecule has 6 heteroatoms. The SMILES string of the molecule is COc1ccc(COn2c(=O)sc3ccccc3c2=O)cc1. The first-order valence-electron chi connectivity index (χ1n) is 6.60. The van der Waals surface area contributed by atoms with Gasteiger partial charge in [-0.3, -0.25) is 9.59 Å². The van der Waals surface area contributed by atoms with E-state index in [4.69, 9.17) is 9.57 Å². The van der Waals surface area contributed by atoms with Crippen LogP contribution < -0.4 is 20.0 Å². The monoisotopic (exact) mass is 315 g/mol. The fraction of sp³-hybridized carbons (Fsp3) is 0.125. The first kappa shape index (κ1) is 14.3. The van der Waals surface area contributed by atoms with Gasteiger partial charge in [-0.2, -0.15) is 0 Å². The predicted octanol–water partition coefficient (Wildman–Crippen LogP) is 2.06. The van der Waals surface area contributed by atoms with Gasteiger partial charge in [-0.15, -0.1) is 0 Å². The smallest absolute Gasteiger partial charge is 0.343 e. The molecule has 0 amide bonds. The Labute approximate surface area is 129 Å². The van der Waals surface area contributed by atoms with E-state index in [9.17, 15) is 9.59 Å². The van der Waals surface area contributed by atoms with E-state index in [1.165, 1.54) is 0 Å². The molecule has 22 heavy (non-hydrogen) atoms. The summed E-state index contributed by atoms with van der Waals surface area (Å²) in [4.78, 5) is 29.3. The van der Waals surface area contributed by atoms with Crippen molar-refractivity contribution in [1.29, 1.82) is 0 Å². The summed E-state index contributed by atoms with van der Waals surface area (Å²) in [5, 5.41) is 0.474. The summed E-state index contributed by atoms with van der Waals surface area (Å²) in [6.45, 7) is 0.129. The van der Waals surface area contributed by atoms with Crippen LogP contribution in [-0.4, -0.2) is 11.8 Å². The molecule has 3 aromatic rings. The van der Waals surface area contributed by atoms with Crippen molar-refractivity contribution < 1.29 is 9.57 Å². The van der Waals surface area contributed by atoms with Crippen molar-refractivity contribution in [2.45, 2.75) is 6.61 Å². The summed E-state index contributed by atoms with van der Waals surface area (Å²) in [5.41, 5.74) is 0.401. The standard InChI is InChI=1S/C16H13NO4S/c1-20-12-8-6-11(7-9-12)10-21-17-15(18)13-4-2-3-5-14(13)22-16(17)19/h2-9H,10H2,1H3. The number of rotatable bonds is 4. The zero-order valence-corrected chi connectivity index (χ0v) is 12.6. The molecule has 1 aromatic heterocycles. The fourth-order valence-corrected chi connectivity index (χ4v) is 2.85. The molecule has 0 radical (unpaired) electrons. The molecule has 1 heterocycles. The van der Waals surface area contributed by atoms with Crippen LogP contribution in [0.4, 0.5) is 0 Å². The van der Waals surface area contributed by atoms with Crippen LogP contribution in [0.3, 0.4) is 0 Å². The van der Waals surface area contributed by atoms with Crippen molar-refractivity contribution in [3.05, 3.63) is 74.1 Å². The minimum absolute atomic E-state index is 0.129. The van der Waals surface area contributed by atoms with Crippen molar-refractivity contribution in [3.63, 3.8) is 0 Å². The molecule has 5 nitrogen and oxygen atoms in total. The van der Waals surface area contributed by atoms with E-state index in [0.717, 1.165) is 27.4 Å². The number of hydrogen-bond acceptors (Lipinski definition) is 5. The maximum absolute atomic E-state index is 12.3. The Morgan fingerprint density at radius 1 is 1.05 bits per heavy atom. The Kier molecular flexibility index (Phi) is 3.93. The third-order valence-corrected chi connectivity index (χ3v) is 4.10. The van der Waals surface area contributed by atoms with Crippen LogP contribution >= 0.6 is 11.3 Å². The van der Waals surface area contributed by atoms with Crippen LogP contribution in [0.5, 0.6) is 5.75 Å². The van der Waals surface area contributed by atoms with Gasteiger partial charge in [0.1, 0.15) is 12.4 Å². The van der Waals surface area contributed by atoms with Crippen molar-refractivity contribution in [3.8, 4) is 5.75 Å². The van der Waals surface area contributed by atoms with Crippen LogP contribution in [0.1, 0.15) is 5.56 Å². The third-order valence-electron chi connectivity index (χ3n) is 3.18. The van der Waals surface area contributed by atoms with Crippen LogP contribution in [0.25, 0.3) is 10.1 Å². The molecule has 0 fully saturated rings. The van der Waals surface area contributed by atoms with Gasteiger partial charge in [0, 0.05) is 4.70 Å². The highest BCUT2D eigenvalue weighted by Gasteiger charge is 2.08. The molecule has 0 spiro atoms. The van der Waals surface area contributed by atoms with E-state index in [1.54, 1.807) is 43.5 Å². The van der Waals surface area contributed by atoms with Gasteiger partial charge in [0.05, 0.1) is 12.5 Å². The molecule has 0 bridgehead atoms. The lowest BCUT2D eigenvalue weighted by Gasteiger charge is -2.08. The van der Waals surface area contributed by atoms with Crippen molar-refractivity contribution in [2.24, 2.45) is 0 Å². The average molecular weight is 315 g/mol. The maximum atomic E-state index is 12.3. The minimum Gasteiger partial charge on any atom is -0.497 e.